The van der Waals surface area contributed by atoms with Crippen molar-refractivity contribution in [1.82, 2.24) is 0 Å². The molecule has 0 amide bonds. The molecule has 0 aliphatic carbocycles. The number of rotatable bonds is 1. The molecule has 0 aromatic heterocycles. The molecule has 0 bridgehead atoms. The summed E-state index contributed by atoms with van der Waals surface area (Å²) in [6.07, 6.45) is 3.80. The van der Waals surface area contributed by atoms with Gasteiger partial charge in [-0.05, 0) is 0 Å². The second-order valence-electron chi connectivity index (χ2n) is 0.973. The normalized spacial score (nSPS) is 10.4. The van der Waals surface area contributed by atoms with Gasteiger partial charge in [0.15, 0.2) is 0 Å². The lowest BCUT2D eigenvalue weighted by molar-refractivity contribution is -0.312. The highest BCUT2D eigenvalue weighted by Gasteiger charge is 1.80. The van der Waals surface area contributed by atoms with E-state index in [0.717, 1.165) is 0 Å². The molecular weight excluding hydrogens is 115 g/mol. The molecule has 0 heterocycles. The standard InChI is InChI=1S/C3H5O3P/c1-2-3-7(4,5)6/h1H,3H2,(H2,4,5,6)/p-2. The summed E-state index contributed by atoms with van der Waals surface area (Å²) in [5.74, 6) is 1.72. The van der Waals surface area contributed by atoms with Gasteiger partial charge in [0.05, 0.1) is 0 Å². The molecule has 40 valence electrons. The summed E-state index contributed by atoms with van der Waals surface area (Å²) >= 11 is 0. The second kappa shape index (κ2) is 2.13. The van der Waals surface area contributed by atoms with E-state index in [1.54, 1.807) is 5.92 Å². The molecule has 0 fully saturated rings. The van der Waals surface area contributed by atoms with E-state index in [1.807, 2.05) is 0 Å². The first-order valence-electron chi connectivity index (χ1n) is 1.51. The van der Waals surface area contributed by atoms with Crippen molar-refractivity contribution in [2.45, 2.75) is 0 Å². The van der Waals surface area contributed by atoms with Gasteiger partial charge in [-0.25, -0.2) is 0 Å². The molecule has 0 saturated carbocycles. The van der Waals surface area contributed by atoms with Crippen LogP contribution in [-0.4, -0.2) is 6.16 Å². The average molecular weight is 118 g/mol. The lowest BCUT2D eigenvalue weighted by atomic mass is 10.8. The third-order valence-electron chi connectivity index (χ3n) is 0.285. The SMILES string of the molecule is C#CCP(=O)([O-])[O-]. The van der Waals surface area contributed by atoms with Crippen molar-refractivity contribution in [3.63, 3.8) is 0 Å². The molecule has 0 spiro atoms. The van der Waals surface area contributed by atoms with Gasteiger partial charge in [-0.2, -0.15) is 0 Å². The molecule has 4 heteroatoms. The molecule has 0 aromatic carbocycles. The van der Waals surface area contributed by atoms with E-state index in [4.69, 9.17) is 0 Å². The predicted octanol–water partition coefficient (Wildman–Crippen LogP) is -1.47. The fourth-order valence-electron chi connectivity index (χ4n) is 0.112. The van der Waals surface area contributed by atoms with E-state index in [9.17, 15) is 14.4 Å². The summed E-state index contributed by atoms with van der Waals surface area (Å²) in [6, 6.07) is 0. The van der Waals surface area contributed by atoms with Crippen molar-refractivity contribution >= 4 is 7.60 Å². The van der Waals surface area contributed by atoms with Gasteiger partial charge in [-0.15, -0.1) is 12.3 Å². The van der Waals surface area contributed by atoms with E-state index >= 15 is 0 Å². The molecule has 0 unspecified atom stereocenters. The van der Waals surface area contributed by atoms with Crippen LogP contribution in [0, 0.1) is 12.3 Å². The first-order chi connectivity index (χ1) is 3.06. The molecule has 0 aliphatic rings. The van der Waals surface area contributed by atoms with Gasteiger partial charge in [-0.1, -0.05) is 7.60 Å². The van der Waals surface area contributed by atoms with Crippen LogP contribution in [0.5, 0.6) is 0 Å². The molecule has 0 saturated heterocycles. The van der Waals surface area contributed by atoms with Crippen molar-refractivity contribution < 1.29 is 14.4 Å². The van der Waals surface area contributed by atoms with Gasteiger partial charge in [0, 0.05) is 6.16 Å². The van der Waals surface area contributed by atoms with Crippen molar-refractivity contribution in [3.8, 4) is 12.3 Å². The lowest BCUT2D eigenvalue weighted by Gasteiger charge is -2.26. The molecule has 0 rings (SSSR count). The van der Waals surface area contributed by atoms with Gasteiger partial charge in [0.2, 0.25) is 0 Å². The van der Waals surface area contributed by atoms with Gasteiger partial charge < -0.3 is 14.4 Å². The Morgan fingerprint density at radius 3 is 2.14 bits per heavy atom. The summed E-state index contributed by atoms with van der Waals surface area (Å²) in [7, 11) is -4.40. The van der Waals surface area contributed by atoms with Crippen molar-refractivity contribution in [3.05, 3.63) is 0 Å². The van der Waals surface area contributed by atoms with Crippen LogP contribution in [0.2, 0.25) is 0 Å². The number of hydrogen-bond donors (Lipinski definition) is 0. The highest BCUT2D eigenvalue weighted by Crippen LogP contribution is 2.20. The predicted molar refractivity (Wildman–Crippen MR) is 21.3 cm³/mol. The van der Waals surface area contributed by atoms with Crippen molar-refractivity contribution in [1.29, 1.82) is 0 Å². The average Bonchev–Trinajstić information content (AvgIpc) is 1.30. The Hall–Kier alpha value is -0.290. The number of hydrogen-bond acceptors (Lipinski definition) is 3. The second-order valence-corrected chi connectivity index (χ2v) is 2.51. The summed E-state index contributed by atoms with van der Waals surface area (Å²) in [4.78, 5) is 19.1. The van der Waals surface area contributed by atoms with Crippen LogP contribution >= 0.6 is 7.60 Å². The smallest absolute Gasteiger partial charge is 0.0364 e. The summed E-state index contributed by atoms with van der Waals surface area (Å²) in [5, 5.41) is 0. The minimum Gasteiger partial charge on any atom is -0.810 e. The Morgan fingerprint density at radius 1 is 1.71 bits per heavy atom. The molecule has 0 aliphatic heterocycles. The molecule has 3 nitrogen and oxygen atoms in total. The Balaban J connectivity index is 3.65. The largest absolute Gasteiger partial charge is 0.810 e. The minimum atomic E-state index is -4.40. The van der Waals surface area contributed by atoms with Gasteiger partial charge >= 0.3 is 0 Å². The van der Waals surface area contributed by atoms with E-state index in [0.29, 0.717) is 0 Å². The maximum Gasteiger partial charge on any atom is 0.0364 e. The monoisotopic (exact) mass is 118 g/mol. The van der Waals surface area contributed by atoms with Gasteiger partial charge in [-0.3, -0.25) is 0 Å². The highest BCUT2D eigenvalue weighted by molar-refractivity contribution is 7.49. The van der Waals surface area contributed by atoms with Crippen LogP contribution in [-0.2, 0) is 4.57 Å². The van der Waals surface area contributed by atoms with Crippen LogP contribution in [0.25, 0.3) is 0 Å². The molecule has 0 N–H and O–H groups in total. The Labute approximate surface area is 41.5 Å². The third-order valence-corrected chi connectivity index (χ3v) is 0.855. The van der Waals surface area contributed by atoms with Gasteiger partial charge in [0.25, 0.3) is 0 Å². The molecule has 0 atom stereocenters. The van der Waals surface area contributed by atoms with Gasteiger partial charge in [0.1, 0.15) is 0 Å². The Kier molecular flexibility index (Phi) is 2.04. The molecule has 0 aromatic rings. The first-order valence-corrected chi connectivity index (χ1v) is 3.23. The quantitative estimate of drug-likeness (QED) is 0.312. The van der Waals surface area contributed by atoms with Crippen molar-refractivity contribution in [2.75, 3.05) is 6.16 Å². The summed E-state index contributed by atoms with van der Waals surface area (Å²) in [5.41, 5.74) is 0. The zero-order valence-electron chi connectivity index (χ0n) is 3.46. The third kappa shape index (κ3) is 5.71. The zero-order chi connectivity index (χ0) is 5.91. The summed E-state index contributed by atoms with van der Waals surface area (Å²) < 4.78 is 9.56. The van der Waals surface area contributed by atoms with Crippen LogP contribution < -0.4 is 9.79 Å². The van der Waals surface area contributed by atoms with Crippen LogP contribution in [0.1, 0.15) is 0 Å². The highest BCUT2D eigenvalue weighted by atomic mass is 31.2. The Bertz CT molecular complexity index is 128. The summed E-state index contributed by atoms with van der Waals surface area (Å²) in [6.45, 7) is 0. The number of terminal acetylenes is 1. The topological polar surface area (TPSA) is 63.2 Å². The van der Waals surface area contributed by atoms with Crippen LogP contribution in [0.4, 0.5) is 0 Å². The fraction of sp³-hybridized carbons (Fsp3) is 0.333. The lowest BCUT2D eigenvalue weighted by Crippen LogP contribution is -2.15. The first kappa shape index (κ1) is 6.71. The fourth-order valence-corrected chi connectivity index (χ4v) is 0.335. The molecular formula is C3H3O3P-2. The minimum absolute atomic E-state index is 0.688. The maximum absolute atomic E-state index is 9.56. The van der Waals surface area contributed by atoms with Crippen LogP contribution in [0.3, 0.4) is 0 Å². The zero-order valence-corrected chi connectivity index (χ0v) is 4.35. The maximum atomic E-state index is 9.56. The van der Waals surface area contributed by atoms with Crippen molar-refractivity contribution in [2.24, 2.45) is 0 Å². The van der Waals surface area contributed by atoms with Crippen LogP contribution in [0.15, 0.2) is 0 Å². The van der Waals surface area contributed by atoms with E-state index in [-0.39, 0.29) is 0 Å². The van der Waals surface area contributed by atoms with E-state index in [2.05, 4.69) is 6.42 Å². The molecule has 7 heavy (non-hydrogen) atoms. The van der Waals surface area contributed by atoms with E-state index < -0.39 is 13.8 Å². The van der Waals surface area contributed by atoms with E-state index in [1.165, 1.54) is 0 Å². The molecule has 0 radical (unpaired) electrons. The Morgan fingerprint density at radius 2 is 2.14 bits per heavy atom.